The summed E-state index contributed by atoms with van der Waals surface area (Å²) in [5.41, 5.74) is 1.30. The molecular weight excluding hydrogens is 410 g/mol. The van der Waals surface area contributed by atoms with Crippen LogP contribution >= 0.6 is 23.4 Å². The summed E-state index contributed by atoms with van der Waals surface area (Å²) in [5, 5.41) is 3.43. The monoisotopic (exact) mass is 431 g/mol. The molecule has 6 nitrogen and oxygen atoms in total. The van der Waals surface area contributed by atoms with Crippen molar-refractivity contribution in [2.75, 3.05) is 18.5 Å². The van der Waals surface area contributed by atoms with E-state index >= 15 is 0 Å². The molecule has 1 N–H and O–H groups in total. The molecule has 3 rings (SSSR count). The van der Waals surface area contributed by atoms with Crippen molar-refractivity contribution < 1.29 is 14.3 Å². The van der Waals surface area contributed by atoms with Crippen molar-refractivity contribution in [3.63, 3.8) is 0 Å². The number of thioether (sulfide) groups is 1. The van der Waals surface area contributed by atoms with Crippen molar-refractivity contribution >= 4 is 51.7 Å². The van der Waals surface area contributed by atoms with E-state index in [0.29, 0.717) is 40.5 Å². The molecule has 1 fully saturated rings. The first-order chi connectivity index (χ1) is 14.0. The number of hydrogen-bond donors (Lipinski definition) is 1. The minimum atomic E-state index is -0.563. The number of carbonyl (C=O) groups excluding carboxylic acids is 2. The molecule has 0 radical (unpaired) electrons. The molecule has 1 unspecified atom stereocenters. The Hall–Kier alpha value is -2.51. The third kappa shape index (κ3) is 5.52. The van der Waals surface area contributed by atoms with E-state index in [1.165, 1.54) is 11.8 Å². The molecule has 0 saturated carbocycles. The number of benzene rings is 2. The lowest BCUT2D eigenvalue weighted by Crippen LogP contribution is -2.45. The molecule has 1 aliphatic heterocycles. The van der Waals surface area contributed by atoms with Gasteiger partial charge in [-0.15, -0.1) is 0 Å². The summed E-state index contributed by atoms with van der Waals surface area (Å²) in [6, 6.07) is 14.2. The standard InChI is InChI=1S/C21H22ClN3O3S/c1-3-25-19(26)13-18(29-21(25)24-15-10-8-14(22)9-11-15)20(27)23-16-6-5-7-17(12-16)28-4-2/h5-12,18H,3-4,13H2,1-2H3,(H,23,27). The van der Waals surface area contributed by atoms with Crippen LogP contribution in [0, 0.1) is 0 Å². The van der Waals surface area contributed by atoms with Gasteiger partial charge in [0.25, 0.3) is 0 Å². The predicted octanol–water partition coefficient (Wildman–Crippen LogP) is 4.72. The molecule has 1 saturated heterocycles. The summed E-state index contributed by atoms with van der Waals surface area (Å²) in [6.45, 7) is 4.82. The summed E-state index contributed by atoms with van der Waals surface area (Å²) in [4.78, 5) is 31.6. The Balaban J connectivity index is 1.77. The van der Waals surface area contributed by atoms with Crippen LogP contribution in [0.15, 0.2) is 53.5 Å². The zero-order valence-corrected chi connectivity index (χ0v) is 17.8. The van der Waals surface area contributed by atoms with E-state index in [1.807, 2.05) is 26.0 Å². The molecule has 0 bridgehead atoms. The Morgan fingerprint density at radius 1 is 1.28 bits per heavy atom. The Morgan fingerprint density at radius 2 is 2.03 bits per heavy atom. The maximum Gasteiger partial charge on any atom is 0.238 e. The van der Waals surface area contributed by atoms with Crippen LogP contribution < -0.4 is 10.1 Å². The summed E-state index contributed by atoms with van der Waals surface area (Å²) in [6.07, 6.45) is 0.120. The van der Waals surface area contributed by atoms with Crippen LogP contribution in [0.3, 0.4) is 0 Å². The van der Waals surface area contributed by atoms with Crippen LogP contribution in [-0.2, 0) is 9.59 Å². The first-order valence-corrected chi connectivity index (χ1v) is 10.6. The average molecular weight is 432 g/mol. The van der Waals surface area contributed by atoms with Crippen molar-refractivity contribution in [1.82, 2.24) is 4.90 Å². The lowest BCUT2D eigenvalue weighted by molar-refractivity contribution is -0.129. The van der Waals surface area contributed by atoms with Gasteiger partial charge in [-0.3, -0.25) is 14.5 Å². The number of halogens is 1. The highest BCUT2D eigenvalue weighted by Crippen LogP contribution is 2.30. The molecule has 1 heterocycles. The number of amidine groups is 1. The fourth-order valence-corrected chi connectivity index (χ4v) is 4.12. The van der Waals surface area contributed by atoms with E-state index in [1.54, 1.807) is 41.3 Å². The largest absolute Gasteiger partial charge is 0.494 e. The number of amides is 2. The molecule has 1 aliphatic rings. The highest BCUT2D eigenvalue weighted by molar-refractivity contribution is 8.15. The number of ether oxygens (including phenoxy) is 1. The number of nitrogens with one attached hydrogen (secondary N) is 1. The van der Waals surface area contributed by atoms with Gasteiger partial charge >= 0.3 is 0 Å². The number of hydrogen-bond acceptors (Lipinski definition) is 5. The Morgan fingerprint density at radius 3 is 2.72 bits per heavy atom. The first-order valence-electron chi connectivity index (χ1n) is 9.35. The van der Waals surface area contributed by atoms with E-state index in [-0.39, 0.29) is 18.2 Å². The zero-order chi connectivity index (χ0) is 20.8. The van der Waals surface area contributed by atoms with Gasteiger partial charge in [0.2, 0.25) is 11.8 Å². The van der Waals surface area contributed by atoms with Gasteiger partial charge in [-0.05, 0) is 50.2 Å². The number of rotatable bonds is 6. The molecule has 8 heteroatoms. The van der Waals surface area contributed by atoms with Crippen LogP contribution in [0.2, 0.25) is 5.02 Å². The van der Waals surface area contributed by atoms with Crippen molar-refractivity contribution in [3.05, 3.63) is 53.6 Å². The smallest absolute Gasteiger partial charge is 0.238 e. The number of anilines is 1. The van der Waals surface area contributed by atoms with Crippen molar-refractivity contribution in [1.29, 1.82) is 0 Å². The third-order valence-corrected chi connectivity index (χ3v) is 5.65. The van der Waals surface area contributed by atoms with Crippen molar-refractivity contribution in [2.45, 2.75) is 25.5 Å². The SMILES string of the molecule is CCOc1cccc(NC(=O)C2CC(=O)N(CC)C(=Nc3ccc(Cl)cc3)S2)c1. The highest BCUT2D eigenvalue weighted by Gasteiger charge is 2.35. The highest BCUT2D eigenvalue weighted by atomic mass is 35.5. The minimum Gasteiger partial charge on any atom is -0.494 e. The Bertz CT molecular complexity index is 918. The maximum atomic E-state index is 12.8. The van der Waals surface area contributed by atoms with Gasteiger partial charge in [-0.25, -0.2) is 4.99 Å². The van der Waals surface area contributed by atoms with Crippen LogP contribution in [0.5, 0.6) is 5.75 Å². The van der Waals surface area contributed by atoms with E-state index in [0.717, 1.165) is 0 Å². The zero-order valence-electron chi connectivity index (χ0n) is 16.2. The second kappa shape index (κ2) is 9.80. The van der Waals surface area contributed by atoms with Crippen LogP contribution in [0.25, 0.3) is 0 Å². The van der Waals surface area contributed by atoms with Gasteiger partial charge in [0, 0.05) is 29.7 Å². The Labute approximate surface area is 179 Å². The van der Waals surface area contributed by atoms with E-state index in [4.69, 9.17) is 16.3 Å². The van der Waals surface area contributed by atoms with E-state index in [9.17, 15) is 9.59 Å². The number of carbonyl (C=O) groups is 2. The molecule has 0 spiro atoms. The molecule has 29 heavy (non-hydrogen) atoms. The second-order valence-corrected chi connectivity index (χ2v) is 7.88. The molecule has 2 aromatic carbocycles. The van der Waals surface area contributed by atoms with Crippen LogP contribution in [-0.4, -0.2) is 40.3 Å². The van der Waals surface area contributed by atoms with E-state index in [2.05, 4.69) is 10.3 Å². The first kappa shape index (κ1) is 21.2. The summed E-state index contributed by atoms with van der Waals surface area (Å²) >= 11 is 7.21. The molecular formula is C21H22ClN3O3S. The van der Waals surface area contributed by atoms with E-state index < -0.39 is 5.25 Å². The van der Waals surface area contributed by atoms with Gasteiger partial charge in [0.15, 0.2) is 5.17 Å². The van der Waals surface area contributed by atoms with Gasteiger partial charge in [-0.1, -0.05) is 29.4 Å². The maximum absolute atomic E-state index is 12.8. The summed E-state index contributed by atoms with van der Waals surface area (Å²) in [5.74, 6) is 0.318. The summed E-state index contributed by atoms with van der Waals surface area (Å²) < 4.78 is 5.47. The normalized spacial score (nSPS) is 18.0. The second-order valence-electron chi connectivity index (χ2n) is 6.27. The molecule has 1 atom stereocenters. The molecule has 2 aromatic rings. The third-order valence-electron chi connectivity index (χ3n) is 4.21. The minimum absolute atomic E-state index is 0.120. The van der Waals surface area contributed by atoms with Crippen molar-refractivity contribution in [3.8, 4) is 5.75 Å². The molecule has 152 valence electrons. The fraction of sp³-hybridized carbons (Fsp3) is 0.286. The average Bonchev–Trinajstić information content (AvgIpc) is 2.70. The van der Waals surface area contributed by atoms with Gasteiger partial charge in [0.1, 0.15) is 11.0 Å². The topological polar surface area (TPSA) is 71.0 Å². The molecule has 2 amide bonds. The molecule has 0 aliphatic carbocycles. The van der Waals surface area contributed by atoms with Crippen molar-refractivity contribution in [2.24, 2.45) is 4.99 Å². The van der Waals surface area contributed by atoms with Gasteiger partial charge < -0.3 is 10.1 Å². The molecule has 0 aromatic heterocycles. The fourth-order valence-electron chi connectivity index (χ4n) is 2.83. The van der Waals surface area contributed by atoms with Gasteiger partial charge in [0.05, 0.1) is 12.3 Å². The van der Waals surface area contributed by atoms with Gasteiger partial charge in [-0.2, -0.15) is 0 Å². The van der Waals surface area contributed by atoms with Crippen LogP contribution in [0.4, 0.5) is 11.4 Å². The quantitative estimate of drug-likeness (QED) is 0.718. The van der Waals surface area contributed by atoms with Crippen LogP contribution in [0.1, 0.15) is 20.3 Å². The Kier molecular flexibility index (Phi) is 7.17. The number of nitrogens with zero attached hydrogens (tertiary/aromatic N) is 2. The number of aliphatic imine (C=N–C) groups is 1. The predicted molar refractivity (Wildman–Crippen MR) is 118 cm³/mol. The summed E-state index contributed by atoms with van der Waals surface area (Å²) in [7, 11) is 0. The lowest BCUT2D eigenvalue weighted by Gasteiger charge is -2.30. The lowest BCUT2D eigenvalue weighted by atomic mass is 10.2.